The highest BCUT2D eigenvalue weighted by Gasteiger charge is 2.58. The van der Waals surface area contributed by atoms with Crippen LogP contribution in [0.15, 0.2) is 22.8 Å². The van der Waals surface area contributed by atoms with E-state index in [9.17, 15) is 14.4 Å². The fourth-order valence-electron chi connectivity index (χ4n) is 7.07. The van der Waals surface area contributed by atoms with Crippen molar-refractivity contribution >= 4 is 17.7 Å². The van der Waals surface area contributed by atoms with Gasteiger partial charge < -0.3 is 9.47 Å². The van der Waals surface area contributed by atoms with Gasteiger partial charge in [0.1, 0.15) is 6.10 Å². The van der Waals surface area contributed by atoms with Crippen molar-refractivity contribution in [1.82, 2.24) is 0 Å². The molecule has 0 N–H and O–H groups in total. The average Bonchev–Trinajstić information content (AvgIpc) is 3.07. The molecule has 4 aliphatic carbocycles. The molecule has 0 heterocycles. The van der Waals surface area contributed by atoms with Crippen molar-refractivity contribution in [3.8, 4) is 0 Å². The molecule has 2 fully saturated rings. The van der Waals surface area contributed by atoms with E-state index < -0.39 is 5.97 Å². The zero-order valence-corrected chi connectivity index (χ0v) is 20.8. The summed E-state index contributed by atoms with van der Waals surface area (Å²) in [5.41, 5.74) is 4.30. The Balaban J connectivity index is 1.45. The number of ether oxygens (including phenoxy) is 2. The highest BCUT2D eigenvalue weighted by Crippen LogP contribution is 2.62. The molecule has 182 valence electrons. The molecule has 0 saturated heterocycles. The number of ketones is 1. The van der Waals surface area contributed by atoms with Crippen molar-refractivity contribution in [2.75, 3.05) is 6.61 Å². The molecule has 0 unspecified atom stereocenters. The number of hydrogen-bond acceptors (Lipinski definition) is 5. The van der Waals surface area contributed by atoms with Crippen LogP contribution in [0.3, 0.4) is 0 Å². The third-order valence-electron chi connectivity index (χ3n) is 8.86. The number of rotatable bonds is 7. The normalized spacial score (nSPS) is 33.2. The molecular weight excluding hydrogens is 416 g/mol. The topological polar surface area (TPSA) is 69.7 Å². The molecule has 0 bridgehead atoms. The molecule has 0 aromatic heterocycles. The summed E-state index contributed by atoms with van der Waals surface area (Å²) in [6.45, 7) is 8.34. The quantitative estimate of drug-likeness (QED) is 0.458. The van der Waals surface area contributed by atoms with Gasteiger partial charge in [-0.3, -0.25) is 9.59 Å². The van der Waals surface area contributed by atoms with Gasteiger partial charge in [-0.25, -0.2) is 4.79 Å². The van der Waals surface area contributed by atoms with E-state index in [1.807, 2.05) is 6.08 Å². The molecule has 0 aromatic rings. The Bertz CT molecular complexity index is 866. The predicted octanol–water partition coefficient (Wildman–Crippen LogP) is 5.72. The lowest BCUT2D eigenvalue weighted by Crippen LogP contribution is -2.44. The van der Waals surface area contributed by atoms with Crippen molar-refractivity contribution in [3.63, 3.8) is 0 Å². The summed E-state index contributed by atoms with van der Waals surface area (Å²) >= 11 is 0. The maximum atomic E-state index is 12.7. The first kappa shape index (κ1) is 24.2. The zero-order valence-electron chi connectivity index (χ0n) is 20.8. The molecule has 5 nitrogen and oxygen atoms in total. The highest BCUT2D eigenvalue weighted by atomic mass is 16.6. The first-order chi connectivity index (χ1) is 15.7. The van der Waals surface area contributed by atoms with Gasteiger partial charge in [-0.15, -0.1) is 0 Å². The maximum Gasteiger partial charge on any atom is 0.344 e. The van der Waals surface area contributed by atoms with Crippen molar-refractivity contribution in [2.24, 2.45) is 29.1 Å². The Labute approximate surface area is 198 Å². The van der Waals surface area contributed by atoms with Crippen molar-refractivity contribution in [2.45, 2.75) is 98.0 Å². The largest absolute Gasteiger partial charge is 0.459 e. The second kappa shape index (κ2) is 9.76. The summed E-state index contributed by atoms with van der Waals surface area (Å²) in [5, 5.41) is 0. The summed E-state index contributed by atoms with van der Waals surface area (Å²) < 4.78 is 11.3. The Morgan fingerprint density at radius 2 is 1.94 bits per heavy atom. The first-order valence-electron chi connectivity index (χ1n) is 13.0. The summed E-state index contributed by atoms with van der Waals surface area (Å²) in [6, 6.07) is 0. The van der Waals surface area contributed by atoms with E-state index in [0.29, 0.717) is 36.5 Å². The van der Waals surface area contributed by atoms with Gasteiger partial charge in [0.15, 0.2) is 12.4 Å². The minimum atomic E-state index is -0.415. The van der Waals surface area contributed by atoms with Crippen LogP contribution in [0.2, 0.25) is 0 Å². The van der Waals surface area contributed by atoms with Gasteiger partial charge in [0.25, 0.3) is 0 Å². The van der Waals surface area contributed by atoms with E-state index in [0.717, 1.165) is 51.4 Å². The Morgan fingerprint density at radius 3 is 2.67 bits per heavy atom. The molecule has 0 aromatic carbocycles. The molecule has 5 atom stereocenters. The summed E-state index contributed by atoms with van der Waals surface area (Å²) in [6.07, 6.45) is 10.6. The monoisotopic (exact) mass is 456 g/mol. The summed E-state index contributed by atoms with van der Waals surface area (Å²) in [7, 11) is 0. The lowest BCUT2D eigenvalue weighted by atomic mass is 9.57. The fraction of sp³-hybridized carbons (Fsp3) is 0.750. The molecule has 2 saturated carbocycles. The predicted molar refractivity (Wildman–Crippen MR) is 126 cm³/mol. The summed E-state index contributed by atoms with van der Waals surface area (Å²) in [5.74, 6) is 1.35. The minimum absolute atomic E-state index is 0.0432. The van der Waals surface area contributed by atoms with E-state index in [1.54, 1.807) is 5.57 Å². The van der Waals surface area contributed by atoms with Crippen LogP contribution in [-0.2, 0) is 23.9 Å². The lowest BCUT2D eigenvalue weighted by Gasteiger charge is -2.48. The molecular formula is C28H40O5. The van der Waals surface area contributed by atoms with Crippen LogP contribution in [0.25, 0.3) is 0 Å². The van der Waals surface area contributed by atoms with Gasteiger partial charge in [-0.05, 0) is 92.3 Å². The molecule has 5 heteroatoms. The van der Waals surface area contributed by atoms with Gasteiger partial charge in [-0.1, -0.05) is 33.3 Å². The maximum absolute atomic E-state index is 12.7. The minimum Gasteiger partial charge on any atom is -0.459 e. The zero-order chi connectivity index (χ0) is 23.8. The SMILES string of the molecule is CC[C@H]1C[C@H]2[C@@H]3CCC4=CC(=O)CCC4=C3CC[C@]2(C)[C@H]1OC(=O)COC(=O)CCC(C)C. The van der Waals surface area contributed by atoms with E-state index >= 15 is 0 Å². The molecule has 4 aliphatic rings. The van der Waals surface area contributed by atoms with E-state index in [1.165, 1.54) is 11.1 Å². The van der Waals surface area contributed by atoms with E-state index in [4.69, 9.17) is 9.47 Å². The second-order valence-corrected chi connectivity index (χ2v) is 11.3. The second-order valence-electron chi connectivity index (χ2n) is 11.3. The standard InChI is InChI=1S/C28H40O5/c1-5-18-15-24-23-9-7-19-14-20(29)8-10-21(19)22(23)12-13-28(24,4)27(18)33-26(31)16-32-25(30)11-6-17(2)3/h14,17-18,23-24,27H,5-13,15-16H2,1-4H3/t18-,23+,24-,27-,28-/m0/s1. The highest BCUT2D eigenvalue weighted by molar-refractivity contribution is 5.93. The Morgan fingerprint density at radius 1 is 1.15 bits per heavy atom. The Hall–Kier alpha value is -1.91. The van der Waals surface area contributed by atoms with Crippen molar-refractivity contribution < 1.29 is 23.9 Å². The van der Waals surface area contributed by atoms with Crippen LogP contribution in [0, 0.1) is 29.1 Å². The lowest BCUT2D eigenvalue weighted by molar-refractivity contribution is -0.169. The number of carbonyl (C=O) groups is 3. The third kappa shape index (κ3) is 4.83. The number of fused-ring (bicyclic) bond motifs is 4. The molecule has 0 aliphatic heterocycles. The fourth-order valence-corrected chi connectivity index (χ4v) is 7.07. The van der Waals surface area contributed by atoms with E-state index in [2.05, 4.69) is 27.7 Å². The average molecular weight is 457 g/mol. The Kier molecular flexibility index (Phi) is 7.16. The number of esters is 2. The number of allylic oxidation sites excluding steroid dienone is 4. The van der Waals surface area contributed by atoms with Crippen LogP contribution >= 0.6 is 0 Å². The van der Waals surface area contributed by atoms with Crippen LogP contribution in [0.5, 0.6) is 0 Å². The van der Waals surface area contributed by atoms with Crippen molar-refractivity contribution in [1.29, 1.82) is 0 Å². The van der Waals surface area contributed by atoms with Crippen molar-refractivity contribution in [3.05, 3.63) is 22.8 Å². The van der Waals surface area contributed by atoms with E-state index in [-0.39, 0.29) is 29.9 Å². The molecule has 0 radical (unpaired) electrons. The smallest absolute Gasteiger partial charge is 0.344 e. The number of carbonyl (C=O) groups excluding carboxylic acids is 3. The van der Waals surface area contributed by atoms with Crippen LogP contribution < -0.4 is 0 Å². The van der Waals surface area contributed by atoms with Gasteiger partial charge >= 0.3 is 11.9 Å². The van der Waals surface area contributed by atoms with Crippen LogP contribution in [-0.4, -0.2) is 30.4 Å². The van der Waals surface area contributed by atoms with Gasteiger partial charge in [0.2, 0.25) is 0 Å². The third-order valence-corrected chi connectivity index (χ3v) is 8.86. The molecule has 0 amide bonds. The van der Waals surface area contributed by atoms with Gasteiger partial charge in [0.05, 0.1) is 0 Å². The molecule has 4 rings (SSSR count). The first-order valence-corrected chi connectivity index (χ1v) is 13.0. The van der Waals surface area contributed by atoms with Gasteiger partial charge in [-0.2, -0.15) is 0 Å². The summed E-state index contributed by atoms with van der Waals surface area (Å²) in [4.78, 5) is 36.5. The van der Waals surface area contributed by atoms with Gasteiger partial charge in [0, 0.05) is 18.3 Å². The molecule has 0 spiro atoms. The van der Waals surface area contributed by atoms with Crippen LogP contribution in [0.4, 0.5) is 0 Å². The number of hydrogen-bond donors (Lipinski definition) is 0. The van der Waals surface area contributed by atoms with Crippen LogP contribution in [0.1, 0.15) is 91.9 Å². The molecule has 33 heavy (non-hydrogen) atoms.